The fourth-order valence-corrected chi connectivity index (χ4v) is 2.56. The second kappa shape index (κ2) is 5.82. The summed E-state index contributed by atoms with van der Waals surface area (Å²) in [4.78, 5) is 1.47. The zero-order valence-electron chi connectivity index (χ0n) is 9.21. The van der Waals surface area contributed by atoms with E-state index in [1.807, 2.05) is 11.3 Å². The Labute approximate surface area is 91.0 Å². The fourth-order valence-electron chi connectivity index (χ4n) is 1.46. The Morgan fingerprint density at radius 1 is 1.43 bits per heavy atom. The summed E-state index contributed by atoms with van der Waals surface area (Å²) in [5, 5.41) is 2.19. The van der Waals surface area contributed by atoms with Gasteiger partial charge in [-0.3, -0.25) is 0 Å². The summed E-state index contributed by atoms with van der Waals surface area (Å²) in [6.07, 6.45) is 8.67. The third-order valence-electron chi connectivity index (χ3n) is 2.29. The van der Waals surface area contributed by atoms with Crippen LogP contribution in [0.1, 0.15) is 37.6 Å². The first kappa shape index (κ1) is 11.3. The van der Waals surface area contributed by atoms with E-state index in [0.29, 0.717) is 0 Å². The molecule has 0 nitrogen and oxygen atoms in total. The summed E-state index contributed by atoms with van der Waals surface area (Å²) in [6.45, 7) is 6.49. The van der Waals surface area contributed by atoms with E-state index in [9.17, 15) is 0 Å². The van der Waals surface area contributed by atoms with Gasteiger partial charge in [0.2, 0.25) is 0 Å². The molecular formula is C13H18S. The highest BCUT2D eigenvalue weighted by molar-refractivity contribution is 7.11. The van der Waals surface area contributed by atoms with Crippen LogP contribution >= 0.6 is 11.3 Å². The van der Waals surface area contributed by atoms with E-state index in [1.54, 1.807) is 0 Å². The Kier molecular flexibility index (Phi) is 4.68. The Morgan fingerprint density at radius 2 is 2.21 bits per heavy atom. The molecule has 0 unspecified atom stereocenters. The van der Waals surface area contributed by atoms with Gasteiger partial charge in [-0.1, -0.05) is 32.1 Å². The number of hydrogen-bond donors (Lipinski definition) is 0. The molecule has 0 atom stereocenters. The van der Waals surface area contributed by atoms with Crippen molar-refractivity contribution in [1.82, 2.24) is 0 Å². The Bertz CT molecular complexity index is 329. The van der Waals surface area contributed by atoms with E-state index >= 15 is 0 Å². The van der Waals surface area contributed by atoms with Crippen LogP contribution in [0.25, 0.3) is 5.57 Å². The molecule has 0 fully saturated rings. The summed E-state index contributed by atoms with van der Waals surface area (Å²) in [5.74, 6) is 0. The number of aryl methyl sites for hydroxylation is 1. The van der Waals surface area contributed by atoms with Crippen LogP contribution in [-0.2, 0) is 6.42 Å². The summed E-state index contributed by atoms with van der Waals surface area (Å²) in [7, 11) is 0. The smallest absolute Gasteiger partial charge is 0.0334 e. The topological polar surface area (TPSA) is 0 Å². The average molecular weight is 206 g/mol. The summed E-state index contributed by atoms with van der Waals surface area (Å²) >= 11 is 1.86. The molecule has 0 saturated carbocycles. The van der Waals surface area contributed by atoms with Crippen LogP contribution in [-0.4, -0.2) is 0 Å². The molecule has 76 valence electrons. The van der Waals surface area contributed by atoms with Gasteiger partial charge < -0.3 is 0 Å². The standard InChI is InChI=1S/C13H18S/c1-4-7-8-11(5-2)13-12(6-3)9-10-14-13/h4,7-10H,5-6H2,1-3H3/b7-4-,11-8+. The van der Waals surface area contributed by atoms with Crippen molar-refractivity contribution in [2.45, 2.75) is 33.6 Å². The minimum Gasteiger partial charge on any atom is -0.144 e. The number of allylic oxidation sites excluding steroid dienone is 4. The van der Waals surface area contributed by atoms with Crippen LogP contribution in [0.15, 0.2) is 29.7 Å². The normalized spacial score (nSPS) is 12.6. The van der Waals surface area contributed by atoms with Crippen molar-refractivity contribution >= 4 is 16.9 Å². The van der Waals surface area contributed by atoms with Crippen LogP contribution in [0, 0.1) is 0 Å². The van der Waals surface area contributed by atoms with Gasteiger partial charge in [0.1, 0.15) is 0 Å². The van der Waals surface area contributed by atoms with E-state index in [1.165, 1.54) is 16.0 Å². The maximum Gasteiger partial charge on any atom is 0.0334 e. The first-order chi connectivity index (χ1) is 6.83. The molecule has 0 aliphatic carbocycles. The molecule has 0 aromatic carbocycles. The van der Waals surface area contributed by atoms with Crippen LogP contribution < -0.4 is 0 Å². The quantitative estimate of drug-likeness (QED) is 0.627. The molecule has 14 heavy (non-hydrogen) atoms. The van der Waals surface area contributed by atoms with Crippen LogP contribution in [0.5, 0.6) is 0 Å². The lowest BCUT2D eigenvalue weighted by molar-refractivity contribution is 1.13. The number of hydrogen-bond acceptors (Lipinski definition) is 1. The molecule has 0 radical (unpaired) electrons. The van der Waals surface area contributed by atoms with Crippen molar-refractivity contribution in [3.8, 4) is 0 Å². The molecule has 0 N–H and O–H groups in total. The molecular weight excluding hydrogens is 188 g/mol. The van der Waals surface area contributed by atoms with Gasteiger partial charge in [0.05, 0.1) is 0 Å². The summed E-state index contributed by atoms with van der Waals surface area (Å²) in [5.41, 5.74) is 2.93. The van der Waals surface area contributed by atoms with Crippen LogP contribution in [0.2, 0.25) is 0 Å². The lowest BCUT2D eigenvalue weighted by Crippen LogP contribution is -1.84. The first-order valence-corrected chi connectivity index (χ1v) is 6.10. The third kappa shape index (κ3) is 2.58. The second-order valence-corrected chi connectivity index (χ2v) is 4.12. The molecule has 1 heteroatoms. The van der Waals surface area contributed by atoms with E-state index in [2.05, 4.69) is 50.4 Å². The molecule has 1 rings (SSSR count). The Hall–Kier alpha value is -0.820. The van der Waals surface area contributed by atoms with E-state index < -0.39 is 0 Å². The van der Waals surface area contributed by atoms with Crippen molar-refractivity contribution in [2.24, 2.45) is 0 Å². The van der Waals surface area contributed by atoms with Gasteiger partial charge in [-0.25, -0.2) is 0 Å². The Balaban J connectivity index is 3.00. The molecule has 1 aromatic heterocycles. The summed E-state index contributed by atoms with van der Waals surface area (Å²) in [6, 6.07) is 2.24. The van der Waals surface area contributed by atoms with Crippen molar-refractivity contribution in [3.05, 3.63) is 40.1 Å². The molecule has 0 aliphatic heterocycles. The maximum atomic E-state index is 2.24. The molecule has 0 aliphatic rings. The maximum absolute atomic E-state index is 2.24. The van der Waals surface area contributed by atoms with Crippen molar-refractivity contribution < 1.29 is 0 Å². The lowest BCUT2D eigenvalue weighted by Gasteiger charge is -2.03. The highest BCUT2D eigenvalue weighted by Crippen LogP contribution is 2.28. The monoisotopic (exact) mass is 206 g/mol. The van der Waals surface area contributed by atoms with Crippen LogP contribution in [0.3, 0.4) is 0 Å². The van der Waals surface area contributed by atoms with Gasteiger partial charge in [0, 0.05) is 4.88 Å². The fraction of sp³-hybridized carbons (Fsp3) is 0.385. The molecule has 0 amide bonds. The summed E-state index contributed by atoms with van der Waals surface area (Å²) < 4.78 is 0. The van der Waals surface area contributed by atoms with Gasteiger partial charge in [-0.2, -0.15) is 0 Å². The van der Waals surface area contributed by atoms with Gasteiger partial charge in [-0.05, 0) is 42.3 Å². The third-order valence-corrected chi connectivity index (χ3v) is 3.32. The van der Waals surface area contributed by atoms with Gasteiger partial charge in [0.25, 0.3) is 0 Å². The largest absolute Gasteiger partial charge is 0.144 e. The minimum absolute atomic E-state index is 1.11. The molecule has 0 spiro atoms. The van der Waals surface area contributed by atoms with E-state index in [4.69, 9.17) is 0 Å². The van der Waals surface area contributed by atoms with Gasteiger partial charge in [0.15, 0.2) is 0 Å². The molecule has 0 saturated heterocycles. The highest BCUT2D eigenvalue weighted by atomic mass is 32.1. The second-order valence-electron chi connectivity index (χ2n) is 3.20. The predicted molar refractivity (Wildman–Crippen MR) is 66.8 cm³/mol. The van der Waals surface area contributed by atoms with Crippen LogP contribution in [0.4, 0.5) is 0 Å². The van der Waals surface area contributed by atoms with Crippen molar-refractivity contribution in [3.63, 3.8) is 0 Å². The average Bonchev–Trinajstić information content (AvgIpc) is 2.67. The Morgan fingerprint density at radius 3 is 2.79 bits per heavy atom. The molecule has 1 aromatic rings. The number of thiophene rings is 1. The van der Waals surface area contributed by atoms with E-state index in [-0.39, 0.29) is 0 Å². The van der Waals surface area contributed by atoms with Gasteiger partial charge in [-0.15, -0.1) is 11.3 Å². The highest BCUT2D eigenvalue weighted by Gasteiger charge is 2.05. The van der Waals surface area contributed by atoms with Crippen molar-refractivity contribution in [1.29, 1.82) is 0 Å². The SMILES string of the molecule is C/C=C\C=C(/CC)c1sccc1CC. The minimum atomic E-state index is 1.11. The zero-order chi connectivity index (χ0) is 10.4. The lowest BCUT2D eigenvalue weighted by atomic mass is 10.1. The van der Waals surface area contributed by atoms with Gasteiger partial charge >= 0.3 is 0 Å². The molecule has 0 bridgehead atoms. The van der Waals surface area contributed by atoms with Crippen molar-refractivity contribution in [2.75, 3.05) is 0 Å². The van der Waals surface area contributed by atoms with E-state index in [0.717, 1.165) is 12.8 Å². The molecule has 1 heterocycles. The number of rotatable bonds is 4. The predicted octanol–water partition coefficient (Wildman–Crippen LogP) is 4.68. The zero-order valence-corrected chi connectivity index (χ0v) is 10.0. The first-order valence-electron chi connectivity index (χ1n) is 5.22.